The zero-order valence-corrected chi connectivity index (χ0v) is 13.5. The summed E-state index contributed by atoms with van der Waals surface area (Å²) in [7, 11) is 0. The lowest BCUT2D eigenvalue weighted by atomic mass is 10.1. The average Bonchev–Trinajstić information content (AvgIpc) is 3.30. The summed E-state index contributed by atoms with van der Waals surface area (Å²) in [6.45, 7) is 2.36. The molecule has 2 aromatic heterocycles. The number of aromatic nitrogens is 1. The highest BCUT2D eigenvalue weighted by molar-refractivity contribution is 7.11. The van der Waals surface area contributed by atoms with Crippen LogP contribution in [0.2, 0.25) is 0 Å². The summed E-state index contributed by atoms with van der Waals surface area (Å²) in [6.07, 6.45) is 4.75. The number of halogens is 1. The highest BCUT2D eigenvalue weighted by Gasteiger charge is 2.37. The van der Waals surface area contributed by atoms with Crippen molar-refractivity contribution in [1.29, 1.82) is 0 Å². The number of rotatable bonds is 2. The molecule has 23 heavy (non-hydrogen) atoms. The van der Waals surface area contributed by atoms with Crippen molar-refractivity contribution < 1.29 is 4.39 Å². The molecular weight excluding hydrogens is 307 g/mol. The Morgan fingerprint density at radius 3 is 2.61 bits per heavy atom. The number of likely N-dealkylation sites (tertiary alicyclic amines) is 1. The molecule has 0 aliphatic carbocycles. The van der Waals surface area contributed by atoms with Gasteiger partial charge >= 0.3 is 0 Å². The Kier molecular flexibility index (Phi) is 2.97. The van der Waals surface area contributed by atoms with E-state index in [1.54, 1.807) is 12.1 Å². The molecular formula is C19H17FN2S. The second kappa shape index (κ2) is 5.05. The zero-order valence-electron chi connectivity index (χ0n) is 12.7. The predicted octanol–water partition coefficient (Wildman–Crippen LogP) is 4.84. The number of nitrogens with zero attached hydrogens (tertiary/aromatic N) is 2. The lowest BCUT2D eigenvalue weighted by Gasteiger charge is -2.22. The van der Waals surface area contributed by atoms with Gasteiger partial charge in [0.2, 0.25) is 0 Å². The Balaban J connectivity index is 1.67. The number of hydrogen-bond acceptors (Lipinski definition) is 2. The van der Waals surface area contributed by atoms with Crippen molar-refractivity contribution in [2.75, 3.05) is 13.1 Å². The molecule has 1 saturated heterocycles. The third-order valence-corrected chi connectivity index (χ3v) is 6.03. The zero-order chi connectivity index (χ0) is 15.4. The van der Waals surface area contributed by atoms with Gasteiger partial charge in [-0.25, -0.2) is 4.39 Å². The van der Waals surface area contributed by atoms with Gasteiger partial charge in [-0.2, -0.15) is 0 Å². The van der Waals surface area contributed by atoms with E-state index in [2.05, 4.69) is 33.2 Å². The number of thiophene rings is 1. The van der Waals surface area contributed by atoms with E-state index in [-0.39, 0.29) is 5.82 Å². The van der Waals surface area contributed by atoms with E-state index < -0.39 is 0 Å². The summed E-state index contributed by atoms with van der Waals surface area (Å²) in [6, 6.07) is 11.6. The van der Waals surface area contributed by atoms with Crippen LogP contribution in [0.5, 0.6) is 0 Å². The predicted molar refractivity (Wildman–Crippen MR) is 91.7 cm³/mol. The average molecular weight is 324 g/mol. The number of benzene rings is 1. The van der Waals surface area contributed by atoms with E-state index in [1.165, 1.54) is 47.8 Å². The Labute approximate surface area is 138 Å². The number of fused-ring (bicyclic) bond motifs is 3. The highest BCUT2D eigenvalue weighted by atomic mass is 32.1. The first-order valence-corrected chi connectivity index (χ1v) is 9.00. The molecule has 1 unspecified atom stereocenters. The summed E-state index contributed by atoms with van der Waals surface area (Å²) in [5, 5.41) is 2.23. The third-order valence-electron chi connectivity index (χ3n) is 5.00. The second-order valence-electron chi connectivity index (χ2n) is 6.32. The van der Waals surface area contributed by atoms with E-state index >= 15 is 0 Å². The molecule has 116 valence electrons. The normalized spacial score (nSPS) is 20.0. The molecule has 2 aliphatic rings. The van der Waals surface area contributed by atoms with Crippen LogP contribution in [-0.4, -0.2) is 22.6 Å². The van der Waals surface area contributed by atoms with Crippen molar-refractivity contribution >= 4 is 11.3 Å². The van der Waals surface area contributed by atoms with Crippen molar-refractivity contribution in [2.24, 2.45) is 0 Å². The first kappa shape index (κ1) is 13.5. The van der Waals surface area contributed by atoms with Crippen LogP contribution in [0.4, 0.5) is 4.39 Å². The van der Waals surface area contributed by atoms with E-state index in [1.807, 2.05) is 23.5 Å². The summed E-state index contributed by atoms with van der Waals surface area (Å²) in [5.74, 6) is -0.183. The Hall–Kier alpha value is -1.91. The first-order valence-electron chi connectivity index (χ1n) is 8.12. The van der Waals surface area contributed by atoms with E-state index in [4.69, 9.17) is 0 Å². The van der Waals surface area contributed by atoms with Crippen molar-refractivity contribution in [2.45, 2.75) is 18.9 Å². The molecule has 0 N–H and O–H groups in total. The molecule has 0 bridgehead atoms. The van der Waals surface area contributed by atoms with Crippen LogP contribution >= 0.6 is 11.3 Å². The van der Waals surface area contributed by atoms with E-state index in [0.717, 1.165) is 5.56 Å². The Morgan fingerprint density at radius 1 is 1.04 bits per heavy atom. The quantitative estimate of drug-likeness (QED) is 0.654. The van der Waals surface area contributed by atoms with Crippen LogP contribution in [0.25, 0.3) is 16.8 Å². The molecule has 2 aliphatic heterocycles. The van der Waals surface area contributed by atoms with Gasteiger partial charge in [0.25, 0.3) is 0 Å². The Morgan fingerprint density at radius 2 is 1.83 bits per heavy atom. The molecule has 1 aromatic carbocycles. The molecule has 1 fully saturated rings. The van der Waals surface area contributed by atoms with Crippen LogP contribution in [0.1, 0.15) is 29.5 Å². The minimum Gasteiger partial charge on any atom is -0.317 e. The van der Waals surface area contributed by atoms with Gasteiger partial charge < -0.3 is 4.57 Å². The fourth-order valence-electron chi connectivity index (χ4n) is 3.95. The summed E-state index contributed by atoms with van der Waals surface area (Å²) in [5.41, 5.74) is 4.96. The fraction of sp³-hybridized carbons (Fsp3) is 0.263. The maximum Gasteiger partial charge on any atom is 0.123 e. The molecule has 0 saturated carbocycles. The van der Waals surface area contributed by atoms with Crippen LogP contribution in [0, 0.1) is 5.82 Å². The molecule has 1 atom stereocenters. The van der Waals surface area contributed by atoms with Gasteiger partial charge in [-0.3, -0.25) is 4.90 Å². The summed E-state index contributed by atoms with van der Waals surface area (Å²) >= 11 is 1.84. The molecule has 5 rings (SSSR count). The van der Waals surface area contributed by atoms with Gasteiger partial charge in [0.1, 0.15) is 5.82 Å². The van der Waals surface area contributed by atoms with Gasteiger partial charge in [0.15, 0.2) is 0 Å². The minimum atomic E-state index is -0.183. The third kappa shape index (κ3) is 1.95. The van der Waals surface area contributed by atoms with Crippen LogP contribution < -0.4 is 0 Å². The standard InChI is InChI=1S/C19H17FN2S/c20-14-7-5-13(6-8-14)15-12-23-19-17(15)22-11-3-4-16(22)18(19)21-9-1-2-10-21/h3-8,11-12,18H,1-2,9-10H2. The van der Waals surface area contributed by atoms with Gasteiger partial charge in [-0.1, -0.05) is 12.1 Å². The lowest BCUT2D eigenvalue weighted by Crippen LogP contribution is -2.24. The molecule has 0 spiro atoms. The fourth-order valence-corrected chi connectivity index (χ4v) is 5.16. The van der Waals surface area contributed by atoms with Crippen LogP contribution in [0.3, 0.4) is 0 Å². The first-order chi connectivity index (χ1) is 11.3. The van der Waals surface area contributed by atoms with Crippen LogP contribution in [-0.2, 0) is 0 Å². The smallest absolute Gasteiger partial charge is 0.123 e. The van der Waals surface area contributed by atoms with Gasteiger partial charge in [-0.15, -0.1) is 11.3 Å². The summed E-state index contributed by atoms with van der Waals surface area (Å²) < 4.78 is 15.6. The Bertz CT molecular complexity index is 856. The topological polar surface area (TPSA) is 8.17 Å². The lowest BCUT2D eigenvalue weighted by molar-refractivity contribution is 0.285. The monoisotopic (exact) mass is 324 g/mol. The number of hydrogen-bond donors (Lipinski definition) is 0. The van der Waals surface area contributed by atoms with Gasteiger partial charge in [0, 0.05) is 22.8 Å². The molecule has 4 heterocycles. The van der Waals surface area contributed by atoms with E-state index in [9.17, 15) is 4.39 Å². The van der Waals surface area contributed by atoms with Crippen molar-refractivity contribution in [3.8, 4) is 16.8 Å². The maximum atomic E-state index is 13.2. The molecule has 0 radical (unpaired) electrons. The minimum absolute atomic E-state index is 0.183. The second-order valence-corrected chi connectivity index (χ2v) is 7.23. The summed E-state index contributed by atoms with van der Waals surface area (Å²) in [4.78, 5) is 4.03. The largest absolute Gasteiger partial charge is 0.317 e. The van der Waals surface area contributed by atoms with E-state index in [0.29, 0.717) is 6.04 Å². The van der Waals surface area contributed by atoms with Crippen LogP contribution in [0.15, 0.2) is 48.0 Å². The van der Waals surface area contributed by atoms with Gasteiger partial charge in [-0.05, 0) is 55.8 Å². The van der Waals surface area contributed by atoms with Gasteiger partial charge in [0.05, 0.1) is 16.6 Å². The SMILES string of the molecule is Fc1ccc(-c2csc3c2-n2cccc2C3N2CCCC2)cc1. The van der Waals surface area contributed by atoms with Crippen molar-refractivity contribution in [3.05, 3.63) is 64.4 Å². The molecule has 3 aromatic rings. The molecule has 2 nitrogen and oxygen atoms in total. The van der Waals surface area contributed by atoms with Crippen molar-refractivity contribution in [1.82, 2.24) is 9.47 Å². The highest BCUT2D eigenvalue weighted by Crippen LogP contribution is 2.49. The maximum absolute atomic E-state index is 13.2. The van der Waals surface area contributed by atoms with Crippen molar-refractivity contribution in [3.63, 3.8) is 0 Å². The molecule has 0 amide bonds. The molecule has 4 heteroatoms.